The Kier molecular flexibility index (Phi) is 5.86. The van der Waals surface area contributed by atoms with Crippen molar-refractivity contribution in [3.05, 3.63) is 53.3 Å². The Hall–Kier alpha value is -3.97. The lowest BCUT2D eigenvalue weighted by Gasteiger charge is -2.38. The number of aromatic nitrogens is 2. The molecule has 0 radical (unpaired) electrons. The van der Waals surface area contributed by atoms with Gasteiger partial charge in [-0.2, -0.15) is 5.26 Å². The highest BCUT2D eigenvalue weighted by molar-refractivity contribution is 7.19. The number of benzene rings is 1. The van der Waals surface area contributed by atoms with E-state index in [1.54, 1.807) is 17.0 Å². The number of nitrogens with zero attached hydrogens (tertiary/aromatic N) is 4. The molecule has 10 heteroatoms. The minimum atomic E-state index is -0.266. The molecule has 0 aliphatic carbocycles. The molecular weight excluding hydrogens is 462 g/mol. The van der Waals surface area contributed by atoms with Crippen LogP contribution < -0.4 is 16.0 Å². The third kappa shape index (κ3) is 4.68. The van der Waals surface area contributed by atoms with Gasteiger partial charge in [-0.15, -0.1) is 0 Å². The fourth-order valence-corrected chi connectivity index (χ4v) is 5.62. The standard InChI is InChI=1S/C25H25N7O2S/c1-15-10-19(11-16(2)28-15)21-20(18-5-3-4-17(12-18)13-26)29-23(35-21)30-24(34)32-8-6-25(7-9-32)14-27-22(33)31-25/h3-5,10-12H,6-9,14H2,1-2H3,(H2,27,31,33)(H,29,30,34). The number of amides is 4. The number of piperidine rings is 1. The summed E-state index contributed by atoms with van der Waals surface area (Å²) in [6, 6.07) is 13.1. The van der Waals surface area contributed by atoms with Crippen LogP contribution in [0.15, 0.2) is 36.4 Å². The number of likely N-dealkylation sites (tertiary alicyclic amines) is 1. The van der Waals surface area contributed by atoms with E-state index in [4.69, 9.17) is 4.98 Å². The molecule has 178 valence electrons. The first kappa shape index (κ1) is 22.8. The third-order valence-electron chi connectivity index (χ3n) is 6.42. The largest absolute Gasteiger partial charge is 0.336 e. The first-order valence-corrected chi connectivity index (χ1v) is 12.2. The number of urea groups is 2. The van der Waals surface area contributed by atoms with Crippen molar-refractivity contribution in [2.45, 2.75) is 32.2 Å². The molecule has 5 rings (SSSR count). The maximum absolute atomic E-state index is 13.1. The van der Waals surface area contributed by atoms with Crippen LogP contribution >= 0.6 is 11.3 Å². The molecule has 2 fully saturated rings. The number of carbonyl (C=O) groups excluding carboxylic acids is 2. The molecule has 0 bridgehead atoms. The van der Waals surface area contributed by atoms with Gasteiger partial charge in [0.05, 0.1) is 27.7 Å². The molecule has 3 aromatic rings. The first-order valence-electron chi connectivity index (χ1n) is 11.4. The molecule has 1 aromatic carbocycles. The zero-order chi connectivity index (χ0) is 24.6. The van der Waals surface area contributed by atoms with Gasteiger partial charge in [0.25, 0.3) is 0 Å². The van der Waals surface area contributed by atoms with E-state index < -0.39 is 0 Å². The topological polar surface area (TPSA) is 123 Å². The van der Waals surface area contributed by atoms with E-state index in [9.17, 15) is 14.9 Å². The number of hydrogen-bond acceptors (Lipinski definition) is 6. The second kappa shape index (κ2) is 9.00. The van der Waals surface area contributed by atoms with Crippen LogP contribution in [0.4, 0.5) is 14.7 Å². The Morgan fingerprint density at radius 1 is 1.14 bits per heavy atom. The van der Waals surface area contributed by atoms with Gasteiger partial charge in [-0.05, 0) is 56.5 Å². The number of nitrogens with one attached hydrogen (secondary N) is 3. The van der Waals surface area contributed by atoms with Gasteiger partial charge in [-0.3, -0.25) is 10.3 Å². The van der Waals surface area contributed by atoms with Gasteiger partial charge in [-0.1, -0.05) is 23.5 Å². The fraction of sp³-hybridized carbons (Fsp3) is 0.320. The summed E-state index contributed by atoms with van der Waals surface area (Å²) in [5, 5.41) is 18.6. The van der Waals surface area contributed by atoms with Crippen LogP contribution in [-0.4, -0.2) is 52.1 Å². The highest BCUT2D eigenvalue weighted by atomic mass is 32.1. The van der Waals surface area contributed by atoms with Crippen LogP contribution in [-0.2, 0) is 0 Å². The van der Waals surface area contributed by atoms with Crippen LogP contribution in [0.3, 0.4) is 0 Å². The van der Waals surface area contributed by atoms with Crippen LogP contribution in [0.25, 0.3) is 21.7 Å². The molecule has 0 atom stereocenters. The van der Waals surface area contributed by atoms with Crippen molar-refractivity contribution in [2.24, 2.45) is 0 Å². The van der Waals surface area contributed by atoms with E-state index in [0.29, 0.717) is 48.9 Å². The minimum absolute atomic E-state index is 0.146. The summed E-state index contributed by atoms with van der Waals surface area (Å²) in [6.45, 7) is 5.58. The summed E-state index contributed by atoms with van der Waals surface area (Å²) in [5.41, 5.74) is 4.56. The predicted octanol–water partition coefficient (Wildman–Crippen LogP) is 4.04. The molecule has 2 aliphatic rings. The SMILES string of the molecule is Cc1cc(-c2sc(NC(=O)N3CCC4(CC3)CNC(=O)N4)nc2-c2cccc(C#N)c2)cc(C)n1. The van der Waals surface area contributed by atoms with Gasteiger partial charge in [0, 0.05) is 36.6 Å². The maximum atomic E-state index is 13.1. The van der Waals surface area contributed by atoms with Crippen molar-refractivity contribution in [1.29, 1.82) is 5.26 Å². The second-order valence-corrected chi connectivity index (χ2v) is 10.0. The van der Waals surface area contributed by atoms with Gasteiger partial charge >= 0.3 is 12.1 Å². The minimum Gasteiger partial charge on any atom is -0.336 e. The number of hydrogen-bond donors (Lipinski definition) is 3. The van der Waals surface area contributed by atoms with Crippen molar-refractivity contribution in [1.82, 2.24) is 25.5 Å². The predicted molar refractivity (Wildman–Crippen MR) is 134 cm³/mol. The summed E-state index contributed by atoms with van der Waals surface area (Å²) in [7, 11) is 0. The highest BCUT2D eigenvalue weighted by Crippen LogP contribution is 2.40. The lowest BCUT2D eigenvalue weighted by Crippen LogP contribution is -2.54. The quantitative estimate of drug-likeness (QED) is 0.515. The summed E-state index contributed by atoms with van der Waals surface area (Å²) in [5.74, 6) is 0. The molecule has 3 N–H and O–H groups in total. The zero-order valence-electron chi connectivity index (χ0n) is 19.5. The summed E-state index contributed by atoms with van der Waals surface area (Å²) >= 11 is 1.40. The molecule has 9 nitrogen and oxygen atoms in total. The number of anilines is 1. The number of thiazole rings is 1. The van der Waals surface area contributed by atoms with Crippen LogP contribution in [0, 0.1) is 25.2 Å². The number of aryl methyl sites for hydroxylation is 2. The lowest BCUT2D eigenvalue weighted by molar-refractivity contribution is 0.166. The summed E-state index contributed by atoms with van der Waals surface area (Å²) < 4.78 is 0. The van der Waals surface area contributed by atoms with Crippen LogP contribution in [0.2, 0.25) is 0 Å². The van der Waals surface area contributed by atoms with Crippen molar-refractivity contribution < 1.29 is 9.59 Å². The second-order valence-electron chi connectivity index (χ2n) is 9.03. The molecule has 35 heavy (non-hydrogen) atoms. The Balaban J connectivity index is 1.41. The summed E-state index contributed by atoms with van der Waals surface area (Å²) in [6.07, 6.45) is 1.40. The number of pyridine rings is 1. The average molecular weight is 488 g/mol. The molecule has 0 unspecified atom stereocenters. The van der Waals surface area contributed by atoms with Gasteiger partial charge < -0.3 is 15.5 Å². The van der Waals surface area contributed by atoms with E-state index >= 15 is 0 Å². The highest BCUT2D eigenvalue weighted by Gasteiger charge is 2.41. The Morgan fingerprint density at radius 3 is 2.54 bits per heavy atom. The van der Waals surface area contributed by atoms with Crippen molar-refractivity contribution in [3.63, 3.8) is 0 Å². The average Bonchev–Trinajstić information content (AvgIpc) is 3.42. The third-order valence-corrected chi connectivity index (χ3v) is 7.44. The normalized spacial score (nSPS) is 16.5. The van der Waals surface area contributed by atoms with Crippen LogP contribution in [0.1, 0.15) is 29.8 Å². The van der Waals surface area contributed by atoms with Gasteiger partial charge in [-0.25, -0.2) is 14.6 Å². The number of rotatable bonds is 3. The zero-order valence-corrected chi connectivity index (χ0v) is 20.3. The molecule has 2 aromatic heterocycles. The molecule has 0 saturated carbocycles. The molecule has 4 amide bonds. The summed E-state index contributed by atoms with van der Waals surface area (Å²) in [4.78, 5) is 36.5. The fourth-order valence-electron chi connectivity index (χ4n) is 4.66. The van der Waals surface area contributed by atoms with E-state index in [-0.39, 0.29) is 17.6 Å². The molecular formula is C25H25N7O2S. The molecule has 4 heterocycles. The van der Waals surface area contributed by atoms with Crippen molar-refractivity contribution in [2.75, 3.05) is 25.0 Å². The maximum Gasteiger partial charge on any atom is 0.323 e. The number of carbonyl (C=O) groups is 2. The van der Waals surface area contributed by atoms with E-state index in [1.165, 1.54) is 11.3 Å². The Labute approximate surface area is 207 Å². The van der Waals surface area contributed by atoms with Gasteiger partial charge in [0.15, 0.2) is 5.13 Å². The first-order chi connectivity index (χ1) is 16.8. The number of nitriles is 1. The van der Waals surface area contributed by atoms with Crippen LogP contribution in [0.5, 0.6) is 0 Å². The molecule has 2 aliphatic heterocycles. The van der Waals surface area contributed by atoms with Gasteiger partial charge in [0.1, 0.15) is 0 Å². The Bertz CT molecular complexity index is 1330. The molecule has 2 saturated heterocycles. The monoisotopic (exact) mass is 487 g/mol. The van der Waals surface area contributed by atoms with Gasteiger partial charge in [0.2, 0.25) is 0 Å². The lowest BCUT2D eigenvalue weighted by atomic mass is 9.89. The Morgan fingerprint density at radius 2 is 1.89 bits per heavy atom. The van der Waals surface area contributed by atoms with E-state index in [2.05, 4.69) is 27.0 Å². The van der Waals surface area contributed by atoms with E-state index in [1.807, 2.05) is 38.1 Å². The van der Waals surface area contributed by atoms with Crippen molar-refractivity contribution in [3.8, 4) is 27.8 Å². The smallest absolute Gasteiger partial charge is 0.323 e. The molecule has 1 spiro atoms. The van der Waals surface area contributed by atoms with E-state index in [0.717, 1.165) is 27.4 Å². The van der Waals surface area contributed by atoms with Crippen molar-refractivity contribution >= 4 is 28.5 Å².